The van der Waals surface area contributed by atoms with Gasteiger partial charge in [-0.1, -0.05) is 0 Å². The summed E-state index contributed by atoms with van der Waals surface area (Å²) in [5.74, 6) is -1.05. The van der Waals surface area contributed by atoms with Crippen molar-refractivity contribution in [3.05, 3.63) is 52.9 Å². The van der Waals surface area contributed by atoms with Crippen LogP contribution in [0.2, 0.25) is 0 Å². The Morgan fingerprint density at radius 1 is 1.32 bits per heavy atom. The number of aromatic nitrogens is 2. The number of rotatable bonds is 5. The van der Waals surface area contributed by atoms with Crippen molar-refractivity contribution < 1.29 is 22.3 Å². The molecular formula is C20H27F2N5O3S. The average molecular weight is 456 g/mol. The summed E-state index contributed by atoms with van der Waals surface area (Å²) in [6, 6.07) is 2.33. The summed E-state index contributed by atoms with van der Waals surface area (Å²) >= 11 is 0. The Hall–Kier alpha value is -1.92. The van der Waals surface area contributed by atoms with Gasteiger partial charge < -0.3 is 10.8 Å². The van der Waals surface area contributed by atoms with E-state index in [1.165, 1.54) is 12.3 Å². The standard InChI is InChI=1S/C20H27F2N5O3S/c1-12(28)7-26-10-15(6-18(23)20(26)16-5-14(21)3-4-17(16)22)25-8-13-9-27(31(2,29)30)24-19(13)11-25/h3-5,9,12,15,18,20,28H,6-8,10-11,23H2,1-2H3/t12-,15+,18-,20?/m0/s1. The van der Waals surface area contributed by atoms with Crippen LogP contribution in [0.25, 0.3) is 0 Å². The molecule has 1 aromatic carbocycles. The van der Waals surface area contributed by atoms with Gasteiger partial charge in [0, 0.05) is 55.6 Å². The molecule has 3 heterocycles. The molecule has 0 spiro atoms. The molecule has 1 saturated heterocycles. The number of likely N-dealkylation sites (tertiary alicyclic amines) is 1. The molecule has 8 nitrogen and oxygen atoms in total. The van der Waals surface area contributed by atoms with Crippen molar-refractivity contribution in [2.45, 2.75) is 50.7 Å². The monoisotopic (exact) mass is 455 g/mol. The van der Waals surface area contributed by atoms with Gasteiger partial charge in [-0.15, -0.1) is 0 Å². The molecule has 31 heavy (non-hydrogen) atoms. The first-order valence-corrected chi connectivity index (χ1v) is 12.0. The number of nitrogens with two attached hydrogens (primary N) is 1. The molecular weight excluding hydrogens is 428 g/mol. The molecule has 1 fully saturated rings. The molecule has 1 aromatic heterocycles. The highest BCUT2D eigenvalue weighted by Crippen LogP contribution is 2.36. The van der Waals surface area contributed by atoms with Gasteiger partial charge >= 0.3 is 0 Å². The number of nitrogens with zero attached hydrogens (tertiary/aromatic N) is 4. The lowest BCUT2D eigenvalue weighted by Crippen LogP contribution is -2.57. The second kappa shape index (κ2) is 8.21. The third-order valence-corrected chi connectivity index (χ3v) is 6.87. The summed E-state index contributed by atoms with van der Waals surface area (Å²) in [7, 11) is -3.43. The van der Waals surface area contributed by atoms with Crippen LogP contribution in [0.1, 0.15) is 36.2 Å². The van der Waals surface area contributed by atoms with E-state index >= 15 is 0 Å². The van der Waals surface area contributed by atoms with Gasteiger partial charge in [0.2, 0.25) is 0 Å². The molecule has 2 aliphatic heterocycles. The van der Waals surface area contributed by atoms with Crippen molar-refractivity contribution in [1.82, 2.24) is 19.0 Å². The molecule has 2 aromatic rings. The normalized spacial score (nSPS) is 26.2. The fourth-order valence-corrected chi connectivity index (χ4v) is 5.28. The largest absolute Gasteiger partial charge is 0.392 e. The summed E-state index contributed by atoms with van der Waals surface area (Å²) in [6.45, 7) is 3.44. The van der Waals surface area contributed by atoms with Gasteiger partial charge in [0.05, 0.1) is 24.1 Å². The summed E-state index contributed by atoms with van der Waals surface area (Å²) in [5, 5.41) is 14.2. The summed E-state index contributed by atoms with van der Waals surface area (Å²) in [4.78, 5) is 4.08. The fraction of sp³-hybridized carbons (Fsp3) is 0.550. The van der Waals surface area contributed by atoms with Gasteiger partial charge in [-0.2, -0.15) is 9.19 Å². The number of hydrogen-bond donors (Lipinski definition) is 2. The first-order chi connectivity index (χ1) is 14.5. The highest BCUT2D eigenvalue weighted by atomic mass is 32.2. The van der Waals surface area contributed by atoms with Crippen LogP contribution in [0.15, 0.2) is 24.4 Å². The van der Waals surface area contributed by atoms with Crippen LogP contribution < -0.4 is 5.73 Å². The first kappa shape index (κ1) is 22.3. The lowest BCUT2D eigenvalue weighted by molar-refractivity contribution is 0.0150. The highest BCUT2D eigenvalue weighted by Gasteiger charge is 2.41. The topological polar surface area (TPSA) is 105 Å². The number of benzene rings is 1. The molecule has 1 unspecified atom stereocenters. The smallest absolute Gasteiger partial charge is 0.250 e. The highest BCUT2D eigenvalue weighted by molar-refractivity contribution is 7.89. The van der Waals surface area contributed by atoms with Crippen molar-refractivity contribution in [3.63, 3.8) is 0 Å². The lowest BCUT2D eigenvalue weighted by atomic mass is 9.87. The number of aliphatic hydroxyl groups excluding tert-OH is 1. The zero-order valence-corrected chi connectivity index (χ0v) is 18.3. The van der Waals surface area contributed by atoms with Crippen LogP contribution in [0.5, 0.6) is 0 Å². The maximum absolute atomic E-state index is 14.5. The van der Waals surface area contributed by atoms with Gasteiger partial charge in [0.15, 0.2) is 0 Å². The molecule has 0 aliphatic carbocycles. The Bertz CT molecular complexity index is 1050. The van der Waals surface area contributed by atoms with Gasteiger partial charge in [-0.25, -0.2) is 17.2 Å². The lowest BCUT2D eigenvalue weighted by Gasteiger charge is -2.46. The number of β-amino-alcohol motifs (C(OH)–C–C–N with tert-alkyl or cyclic N) is 1. The number of piperidine rings is 1. The van der Waals surface area contributed by atoms with Gasteiger partial charge in [0.1, 0.15) is 11.6 Å². The maximum atomic E-state index is 14.5. The van der Waals surface area contributed by atoms with Crippen LogP contribution in [-0.2, 0) is 23.1 Å². The second-order valence-electron chi connectivity index (χ2n) is 8.61. The van der Waals surface area contributed by atoms with E-state index in [1.807, 2.05) is 4.90 Å². The van der Waals surface area contributed by atoms with E-state index < -0.39 is 39.8 Å². The minimum Gasteiger partial charge on any atom is -0.392 e. The van der Waals surface area contributed by atoms with Crippen LogP contribution in [-0.4, -0.2) is 70.0 Å². The van der Waals surface area contributed by atoms with E-state index in [9.17, 15) is 22.3 Å². The van der Waals surface area contributed by atoms with E-state index in [4.69, 9.17) is 5.73 Å². The minimum absolute atomic E-state index is 0.00232. The Morgan fingerprint density at radius 2 is 2.06 bits per heavy atom. The van der Waals surface area contributed by atoms with Crippen molar-refractivity contribution in [2.75, 3.05) is 19.3 Å². The second-order valence-corrected chi connectivity index (χ2v) is 10.4. The predicted molar refractivity (Wildman–Crippen MR) is 110 cm³/mol. The first-order valence-electron chi connectivity index (χ1n) is 10.2. The molecule has 4 atom stereocenters. The third-order valence-electron chi connectivity index (χ3n) is 6.00. The van der Waals surface area contributed by atoms with Gasteiger partial charge in [0.25, 0.3) is 10.0 Å². The SMILES string of the molecule is C[C@H](O)CN1C[C@H](N2Cc3cn(S(C)(=O)=O)nc3C2)C[C@H](N)C1c1cc(F)ccc1F. The Balaban J connectivity index is 1.56. The molecule has 170 valence electrons. The van der Waals surface area contributed by atoms with Crippen LogP contribution in [0.3, 0.4) is 0 Å². The summed E-state index contributed by atoms with van der Waals surface area (Å²) in [6.07, 6.45) is 2.52. The molecule has 0 radical (unpaired) electrons. The van der Waals surface area contributed by atoms with E-state index in [0.717, 1.165) is 28.0 Å². The molecule has 0 amide bonds. The van der Waals surface area contributed by atoms with Crippen LogP contribution >= 0.6 is 0 Å². The molecule has 2 aliphatic rings. The van der Waals surface area contributed by atoms with E-state index in [1.54, 1.807) is 6.92 Å². The van der Waals surface area contributed by atoms with Crippen LogP contribution in [0, 0.1) is 11.6 Å². The molecule has 3 N–H and O–H groups in total. The van der Waals surface area contributed by atoms with Gasteiger partial charge in [-0.3, -0.25) is 9.80 Å². The van der Waals surface area contributed by atoms with Crippen molar-refractivity contribution in [3.8, 4) is 0 Å². The number of aliphatic hydroxyl groups is 1. The minimum atomic E-state index is -3.43. The molecule has 11 heteroatoms. The Kier molecular flexibility index (Phi) is 5.90. The van der Waals surface area contributed by atoms with Gasteiger partial charge in [-0.05, 0) is 31.5 Å². The van der Waals surface area contributed by atoms with Crippen LogP contribution in [0.4, 0.5) is 8.78 Å². The molecule has 0 saturated carbocycles. The zero-order chi connectivity index (χ0) is 22.5. The Labute approximate surface area is 180 Å². The van der Waals surface area contributed by atoms with Crippen molar-refractivity contribution in [1.29, 1.82) is 0 Å². The summed E-state index contributed by atoms with van der Waals surface area (Å²) in [5.41, 5.74) is 8.23. The number of halogens is 2. The average Bonchev–Trinajstić information content (AvgIpc) is 3.22. The zero-order valence-electron chi connectivity index (χ0n) is 17.4. The predicted octanol–water partition coefficient (Wildman–Crippen LogP) is 0.808. The number of hydrogen-bond acceptors (Lipinski definition) is 7. The van der Waals surface area contributed by atoms with E-state index in [-0.39, 0.29) is 18.2 Å². The molecule has 4 rings (SSSR count). The molecule has 0 bridgehead atoms. The Morgan fingerprint density at radius 3 is 2.71 bits per heavy atom. The fourth-order valence-electron chi connectivity index (χ4n) is 4.71. The van der Waals surface area contributed by atoms with Crippen molar-refractivity contribution in [2.24, 2.45) is 5.73 Å². The quantitative estimate of drug-likeness (QED) is 0.687. The maximum Gasteiger partial charge on any atom is 0.250 e. The van der Waals surface area contributed by atoms with E-state index in [2.05, 4.69) is 10.00 Å². The van der Waals surface area contributed by atoms with E-state index in [0.29, 0.717) is 31.7 Å². The number of fused-ring (bicyclic) bond motifs is 1. The van der Waals surface area contributed by atoms with Crippen molar-refractivity contribution >= 4 is 10.0 Å². The third kappa shape index (κ3) is 4.51. The summed E-state index contributed by atoms with van der Waals surface area (Å²) < 4.78 is 52.8.